The van der Waals surface area contributed by atoms with Gasteiger partial charge in [-0.25, -0.2) is 4.98 Å². The summed E-state index contributed by atoms with van der Waals surface area (Å²) in [7, 11) is 1.50. The maximum Gasteiger partial charge on any atom is 0.258 e. The summed E-state index contributed by atoms with van der Waals surface area (Å²) in [4.78, 5) is 34.9. The number of fused-ring (bicyclic) bond motifs is 1. The summed E-state index contributed by atoms with van der Waals surface area (Å²) >= 11 is 6.14. The zero-order valence-corrected chi connectivity index (χ0v) is 17.6. The van der Waals surface area contributed by atoms with Gasteiger partial charge in [-0.3, -0.25) is 9.59 Å². The molecule has 1 N–H and O–H groups in total. The van der Waals surface area contributed by atoms with Crippen LogP contribution >= 0.6 is 11.6 Å². The third kappa shape index (κ3) is 4.59. The van der Waals surface area contributed by atoms with Crippen molar-refractivity contribution in [2.45, 2.75) is 13.1 Å². The van der Waals surface area contributed by atoms with E-state index in [1.807, 2.05) is 36.4 Å². The van der Waals surface area contributed by atoms with E-state index in [-0.39, 0.29) is 18.0 Å². The molecule has 0 aliphatic heterocycles. The third-order valence-electron chi connectivity index (χ3n) is 4.90. The molecule has 4 aromatic rings. The van der Waals surface area contributed by atoms with Gasteiger partial charge < -0.3 is 14.6 Å². The largest absolute Gasteiger partial charge is 0.496 e. The van der Waals surface area contributed by atoms with Crippen LogP contribution in [0.4, 0.5) is 0 Å². The second-order valence-electron chi connectivity index (χ2n) is 7.02. The number of rotatable bonds is 6. The number of methoxy groups -OCH3 is 1. The van der Waals surface area contributed by atoms with Gasteiger partial charge in [-0.15, -0.1) is 0 Å². The minimum atomic E-state index is -0.279. The van der Waals surface area contributed by atoms with Crippen molar-refractivity contribution in [2.75, 3.05) is 7.11 Å². The number of amides is 1. The van der Waals surface area contributed by atoms with E-state index in [1.165, 1.54) is 7.11 Å². The predicted molar refractivity (Wildman–Crippen MR) is 120 cm³/mol. The number of ether oxygens (including phenoxy) is 1. The van der Waals surface area contributed by atoms with Crippen molar-refractivity contribution in [3.8, 4) is 5.75 Å². The Morgan fingerprint density at radius 1 is 1.03 bits per heavy atom. The second kappa shape index (κ2) is 9.02. The van der Waals surface area contributed by atoms with Crippen LogP contribution in [-0.2, 0) is 13.1 Å². The first kappa shape index (κ1) is 20.6. The normalized spacial score (nSPS) is 10.8. The number of nitrogens with one attached hydrogen (secondary N) is 1. The molecule has 31 heavy (non-hydrogen) atoms. The van der Waals surface area contributed by atoms with Gasteiger partial charge in [0.05, 0.1) is 30.1 Å². The highest BCUT2D eigenvalue weighted by molar-refractivity contribution is 6.31. The highest BCUT2D eigenvalue weighted by Gasteiger charge is 2.22. The Bertz CT molecular complexity index is 1290. The molecule has 3 aromatic carbocycles. The van der Waals surface area contributed by atoms with Gasteiger partial charge in [0.2, 0.25) is 0 Å². The van der Waals surface area contributed by atoms with Gasteiger partial charge in [0.1, 0.15) is 11.6 Å². The van der Waals surface area contributed by atoms with E-state index in [2.05, 4.69) is 9.97 Å². The minimum Gasteiger partial charge on any atom is -0.496 e. The van der Waals surface area contributed by atoms with E-state index < -0.39 is 0 Å². The van der Waals surface area contributed by atoms with Crippen LogP contribution in [0.1, 0.15) is 21.7 Å². The van der Waals surface area contributed by atoms with Crippen molar-refractivity contribution in [3.63, 3.8) is 0 Å². The van der Waals surface area contributed by atoms with Gasteiger partial charge in [0.15, 0.2) is 0 Å². The first-order valence-electron chi connectivity index (χ1n) is 9.70. The SMILES string of the molecule is COc1ccc(Cl)cc1C(=O)N(Cc1ccccc1)Cc1nc2ccccc2c(=O)[nH]1. The molecular weight excluding hydrogens is 414 g/mol. The zero-order chi connectivity index (χ0) is 21.8. The molecule has 0 atom stereocenters. The van der Waals surface area contributed by atoms with Gasteiger partial charge in [-0.05, 0) is 35.9 Å². The topological polar surface area (TPSA) is 75.3 Å². The molecule has 1 aromatic heterocycles. The first-order valence-corrected chi connectivity index (χ1v) is 10.1. The monoisotopic (exact) mass is 433 g/mol. The summed E-state index contributed by atoms with van der Waals surface area (Å²) in [6.07, 6.45) is 0. The van der Waals surface area contributed by atoms with Gasteiger partial charge >= 0.3 is 0 Å². The lowest BCUT2D eigenvalue weighted by Crippen LogP contribution is -2.32. The van der Waals surface area contributed by atoms with Crippen molar-refractivity contribution in [3.05, 3.63) is 105 Å². The molecule has 0 unspecified atom stereocenters. The average molecular weight is 434 g/mol. The lowest BCUT2D eigenvalue weighted by atomic mass is 10.1. The Balaban J connectivity index is 1.74. The van der Waals surface area contributed by atoms with Crippen molar-refractivity contribution >= 4 is 28.4 Å². The Labute approximate surface area is 184 Å². The van der Waals surface area contributed by atoms with E-state index in [4.69, 9.17) is 16.3 Å². The van der Waals surface area contributed by atoms with Crippen LogP contribution in [0.2, 0.25) is 5.02 Å². The van der Waals surface area contributed by atoms with Crippen LogP contribution in [0.15, 0.2) is 77.6 Å². The smallest absolute Gasteiger partial charge is 0.258 e. The molecule has 0 saturated carbocycles. The molecule has 0 radical (unpaired) electrons. The molecule has 4 rings (SSSR count). The molecule has 156 valence electrons. The first-order chi connectivity index (χ1) is 15.0. The number of nitrogens with zero attached hydrogens (tertiary/aromatic N) is 2. The fourth-order valence-corrected chi connectivity index (χ4v) is 3.58. The molecular formula is C24H20ClN3O3. The van der Waals surface area contributed by atoms with Crippen LogP contribution in [0, 0.1) is 0 Å². The number of H-pyrrole nitrogens is 1. The molecule has 7 heteroatoms. The van der Waals surface area contributed by atoms with Crippen LogP contribution in [-0.4, -0.2) is 27.9 Å². The number of halogens is 1. The Morgan fingerprint density at radius 3 is 2.55 bits per heavy atom. The van der Waals surface area contributed by atoms with Gasteiger partial charge in [-0.2, -0.15) is 0 Å². The maximum atomic E-state index is 13.5. The van der Waals surface area contributed by atoms with Crippen LogP contribution in [0.25, 0.3) is 10.9 Å². The fourth-order valence-electron chi connectivity index (χ4n) is 3.41. The number of hydrogen-bond donors (Lipinski definition) is 1. The number of carbonyl (C=O) groups excluding carboxylic acids is 1. The predicted octanol–water partition coefficient (Wildman–Crippen LogP) is 4.43. The number of aromatic amines is 1. The molecule has 0 saturated heterocycles. The van der Waals surface area contributed by atoms with Gasteiger partial charge in [0.25, 0.3) is 11.5 Å². The molecule has 0 bridgehead atoms. The van der Waals surface area contributed by atoms with Crippen LogP contribution < -0.4 is 10.3 Å². The number of para-hydroxylation sites is 1. The van der Waals surface area contributed by atoms with Crippen LogP contribution in [0.3, 0.4) is 0 Å². The van der Waals surface area contributed by atoms with Crippen LogP contribution in [0.5, 0.6) is 5.75 Å². The van der Waals surface area contributed by atoms with E-state index >= 15 is 0 Å². The average Bonchev–Trinajstić information content (AvgIpc) is 2.79. The van der Waals surface area contributed by atoms with Crippen molar-refractivity contribution in [1.29, 1.82) is 0 Å². The number of aromatic nitrogens is 2. The Kier molecular flexibility index (Phi) is 6.00. The molecule has 0 spiro atoms. The number of carbonyl (C=O) groups is 1. The summed E-state index contributed by atoms with van der Waals surface area (Å²) in [6, 6.07) is 21.6. The molecule has 0 aliphatic carbocycles. The second-order valence-corrected chi connectivity index (χ2v) is 7.46. The summed E-state index contributed by atoms with van der Waals surface area (Å²) in [6.45, 7) is 0.440. The standard InChI is InChI=1S/C24H20ClN3O3/c1-31-21-12-11-17(25)13-19(21)24(30)28(14-16-7-3-2-4-8-16)15-22-26-20-10-6-5-9-18(20)23(29)27-22/h2-13H,14-15H2,1H3,(H,26,27,29). The highest BCUT2D eigenvalue weighted by atomic mass is 35.5. The summed E-state index contributed by atoms with van der Waals surface area (Å²) < 4.78 is 5.37. The van der Waals surface area contributed by atoms with E-state index in [9.17, 15) is 9.59 Å². The Hall–Kier alpha value is -3.64. The fraction of sp³-hybridized carbons (Fsp3) is 0.125. The number of benzene rings is 3. The van der Waals surface area contributed by atoms with Gasteiger partial charge in [-0.1, -0.05) is 54.1 Å². The van der Waals surface area contributed by atoms with E-state index in [0.717, 1.165) is 5.56 Å². The lowest BCUT2D eigenvalue weighted by molar-refractivity contribution is 0.0722. The van der Waals surface area contributed by atoms with Crippen molar-refractivity contribution in [1.82, 2.24) is 14.9 Å². The van der Waals surface area contributed by atoms with Crippen molar-refractivity contribution < 1.29 is 9.53 Å². The molecule has 1 heterocycles. The summed E-state index contributed by atoms with van der Waals surface area (Å²) in [5, 5.41) is 0.935. The zero-order valence-electron chi connectivity index (χ0n) is 16.8. The van der Waals surface area contributed by atoms with Gasteiger partial charge in [0, 0.05) is 11.6 Å². The molecule has 0 aliphatic rings. The summed E-state index contributed by atoms with van der Waals surface area (Å²) in [5.41, 5.74) is 1.62. The number of hydrogen-bond acceptors (Lipinski definition) is 4. The lowest BCUT2D eigenvalue weighted by Gasteiger charge is -2.23. The highest BCUT2D eigenvalue weighted by Crippen LogP contribution is 2.25. The molecule has 0 fully saturated rings. The minimum absolute atomic E-state index is 0.115. The third-order valence-corrected chi connectivity index (χ3v) is 5.13. The van der Waals surface area contributed by atoms with E-state index in [1.54, 1.807) is 41.3 Å². The summed E-state index contributed by atoms with van der Waals surface area (Å²) in [5.74, 6) is 0.542. The maximum absolute atomic E-state index is 13.5. The molecule has 1 amide bonds. The van der Waals surface area contributed by atoms with E-state index in [0.29, 0.717) is 39.6 Å². The quantitative estimate of drug-likeness (QED) is 0.488. The molecule has 6 nitrogen and oxygen atoms in total. The van der Waals surface area contributed by atoms with Crippen molar-refractivity contribution in [2.24, 2.45) is 0 Å². The Morgan fingerprint density at radius 2 is 1.77 bits per heavy atom.